The van der Waals surface area contributed by atoms with E-state index in [1.165, 1.54) is 35.8 Å². The Morgan fingerprint density at radius 3 is 2.55 bits per heavy atom. The van der Waals surface area contributed by atoms with Crippen molar-refractivity contribution in [2.24, 2.45) is 17.6 Å². The van der Waals surface area contributed by atoms with E-state index < -0.39 is 5.91 Å². The minimum atomic E-state index is -0.521. The van der Waals surface area contributed by atoms with Gasteiger partial charge in [-0.2, -0.15) is 0 Å². The molecule has 2 heterocycles. The Morgan fingerprint density at radius 1 is 1.30 bits per heavy atom. The number of nitrogens with two attached hydrogens (primary N) is 1. The maximum Gasteiger partial charge on any atom is 0.268 e. The molecule has 108 valence electrons. The largest absolute Gasteiger partial charge is 0.366 e. The van der Waals surface area contributed by atoms with Crippen LogP contribution in [0.1, 0.15) is 23.2 Å². The highest BCUT2D eigenvalue weighted by Gasteiger charge is 2.41. The van der Waals surface area contributed by atoms with Crippen molar-refractivity contribution < 1.29 is 4.79 Å². The summed E-state index contributed by atoms with van der Waals surface area (Å²) in [7, 11) is 2.14. The molecule has 0 aromatic carbocycles. The fraction of sp³-hybridized carbons (Fsp3) is 0.571. The predicted octanol–water partition coefficient (Wildman–Crippen LogP) is -0.169. The van der Waals surface area contributed by atoms with Crippen LogP contribution in [0.4, 0.5) is 0 Å². The van der Waals surface area contributed by atoms with E-state index in [1.54, 1.807) is 0 Å². The first-order valence-electron chi connectivity index (χ1n) is 7.02. The van der Waals surface area contributed by atoms with Crippen LogP contribution in [0.5, 0.6) is 0 Å². The number of pyridine rings is 1. The van der Waals surface area contributed by atoms with Crippen LogP contribution in [0.2, 0.25) is 0 Å². The Labute approximate surface area is 117 Å². The molecular weight excluding hydrogens is 256 g/mol. The summed E-state index contributed by atoms with van der Waals surface area (Å²) in [6.07, 6.45) is 3.89. The van der Waals surface area contributed by atoms with Gasteiger partial charge in [-0.1, -0.05) is 0 Å². The van der Waals surface area contributed by atoms with Crippen LogP contribution in [0.25, 0.3) is 0 Å². The monoisotopic (exact) mass is 276 g/mol. The fourth-order valence-electron chi connectivity index (χ4n) is 3.56. The number of primary amides is 1. The standard InChI is InChI=1S/C14H20N4O2/c1-17-6-9-2-3-10(7-17)13(9)16-18-8-11(14(15)20)4-5-12(18)19/h4-5,8-10,13,16H,2-3,6-7H2,1H3,(H2,15,20). The van der Waals surface area contributed by atoms with Gasteiger partial charge < -0.3 is 16.1 Å². The topological polar surface area (TPSA) is 80.4 Å². The van der Waals surface area contributed by atoms with Gasteiger partial charge in [0.2, 0.25) is 5.91 Å². The van der Waals surface area contributed by atoms with Gasteiger partial charge >= 0.3 is 0 Å². The van der Waals surface area contributed by atoms with E-state index in [-0.39, 0.29) is 5.56 Å². The lowest BCUT2D eigenvalue weighted by atomic mass is 9.93. The molecule has 1 saturated heterocycles. The third kappa shape index (κ3) is 2.31. The molecule has 2 aliphatic rings. The highest BCUT2D eigenvalue weighted by Crippen LogP contribution is 2.36. The van der Waals surface area contributed by atoms with Gasteiger partial charge in [0, 0.05) is 25.4 Å². The normalized spacial score (nSPS) is 29.4. The minimum Gasteiger partial charge on any atom is -0.366 e. The van der Waals surface area contributed by atoms with Gasteiger partial charge in [0.15, 0.2) is 0 Å². The first kappa shape index (κ1) is 13.2. The molecule has 2 fully saturated rings. The number of aromatic nitrogens is 1. The van der Waals surface area contributed by atoms with Crippen molar-refractivity contribution in [1.29, 1.82) is 0 Å². The molecule has 6 nitrogen and oxygen atoms in total. The van der Waals surface area contributed by atoms with Crippen LogP contribution >= 0.6 is 0 Å². The number of fused-ring (bicyclic) bond motifs is 2. The molecule has 3 N–H and O–H groups in total. The highest BCUT2D eigenvalue weighted by molar-refractivity contribution is 5.92. The van der Waals surface area contributed by atoms with Crippen molar-refractivity contribution >= 4 is 5.91 Å². The second-order valence-corrected chi connectivity index (χ2v) is 5.96. The summed E-state index contributed by atoms with van der Waals surface area (Å²) in [6, 6.07) is 3.14. The molecular formula is C14H20N4O2. The predicted molar refractivity (Wildman–Crippen MR) is 76.1 cm³/mol. The summed E-state index contributed by atoms with van der Waals surface area (Å²) < 4.78 is 1.42. The van der Waals surface area contributed by atoms with Crippen molar-refractivity contribution in [2.45, 2.75) is 18.9 Å². The second-order valence-electron chi connectivity index (χ2n) is 5.96. The number of nitrogens with zero attached hydrogens (tertiary/aromatic N) is 2. The summed E-state index contributed by atoms with van der Waals surface area (Å²) in [6.45, 7) is 2.11. The van der Waals surface area contributed by atoms with Crippen molar-refractivity contribution in [3.63, 3.8) is 0 Å². The Balaban J connectivity index is 1.83. The Kier molecular flexibility index (Phi) is 3.25. The number of piperidine rings is 1. The number of likely N-dealkylation sites (tertiary alicyclic amines) is 1. The minimum absolute atomic E-state index is 0.159. The number of rotatable bonds is 3. The van der Waals surface area contributed by atoms with E-state index >= 15 is 0 Å². The molecule has 1 aromatic heterocycles. The number of nitrogens with one attached hydrogen (secondary N) is 1. The molecule has 0 spiro atoms. The van der Waals surface area contributed by atoms with E-state index in [9.17, 15) is 9.59 Å². The average molecular weight is 276 g/mol. The summed E-state index contributed by atoms with van der Waals surface area (Å²) in [5.41, 5.74) is 8.74. The molecule has 6 heteroatoms. The van der Waals surface area contributed by atoms with Crippen LogP contribution < -0.4 is 16.7 Å². The summed E-state index contributed by atoms with van der Waals surface area (Å²) in [5, 5.41) is 0. The van der Waals surface area contributed by atoms with Crippen molar-refractivity contribution in [1.82, 2.24) is 9.58 Å². The molecule has 1 aliphatic carbocycles. The van der Waals surface area contributed by atoms with Gasteiger partial charge in [-0.15, -0.1) is 0 Å². The molecule has 3 rings (SSSR count). The van der Waals surface area contributed by atoms with E-state index in [4.69, 9.17) is 5.73 Å². The van der Waals surface area contributed by atoms with Crippen LogP contribution in [0.3, 0.4) is 0 Å². The van der Waals surface area contributed by atoms with Gasteiger partial charge in [-0.05, 0) is 37.8 Å². The van der Waals surface area contributed by atoms with E-state index in [1.807, 2.05) is 0 Å². The second kappa shape index (κ2) is 4.94. The first-order valence-corrected chi connectivity index (χ1v) is 7.02. The van der Waals surface area contributed by atoms with E-state index in [0.717, 1.165) is 13.1 Å². The molecule has 1 amide bonds. The van der Waals surface area contributed by atoms with Gasteiger partial charge in [0.25, 0.3) is 5.56 Å². The molecule has 2 bridgehead atoms. The lowest BCUT2D eigenvalue weighted by Crippen LogP contribution is -2.50. The number of carbonyl (C=O) groups excluding carboxylic acids is 1. The SMILES string of the molecule is CN1CC2CCC(C1)C2Nn1cc(C(N)=O)ccc1=O. The third-order valence-corrected chi connectivity index (χ3v) is 4.50. The van der Waals surface area contributed by atoms with E-state index in [0.29, 0.717) is 23.4 Å². The van der Waals surface area contributed by atoms with Gasteiger partial charge in [-0.25, -0.2) is 4.68 Å². The van der Waals surface area contributed by atoms with Crippen molar-refractivity contribution in [3.8, 4) is 0 Å². The van der Waals surface area contributed by atoms with Crippen molar-refractivity contribution in [3.05, 3.63) is 34.2 Å². The zero-order valence-corrected chi connectivity index (χ0v) is 11.6. The Hall–Kier alpha value is -1.82. The van der Waals surface area contributed by atoms with Gasteiger partial charge in [0.05, 0.1) is 11.6 Å². The summed E-state index contributed by atoms with van der Waals surface area (Å²) in [4.78, 5) is 25.5. The van der Waals surface area contributed by atoms with E-state index in [2.05, 4.69) is 17.4 Å². The van der Waals surface area contributed by atoms with Crippen LogP contribution in [0.15, 0.2) is 23.1 Å². The van der Waals surface area contributed by atoms with Crippen molar-refractivity contribution in [2.75, 3.05) is 25.6 Å². The maximum absolute atomic E-state index is 11.9. The van der Waals surface area contributed by atoms with Crippen LogP contribution in [-0.4, -0.2) is 41.7 Å². The zero-order chi connectivity index (χ0) is 14.3. The first-order chi connectivity index (χ1) is 9.54. The fourth-order valence-corrected chi connectivity index (χ4v) is 3.56. The summed E-state index contributed by atoms with van der Waals surface area (Å²) >= 11 is 0. The quantitative estimate of drug-likeness (QED) is 0.803. The number of carbonyl (C=O) groups is 1. The number of hydrogen-bond donors (Lipinski definition) is 2. The third-order valence-electron chi connectivity index (χ3n) is 4.50. The molecule has 0 radical (unpaired) electrons. The Morgan fingerprint density at radius 2 is 1.95 bits per heavy atom. The molecule has 20 heavy (non-hydrogen) atoms. The highest BCUT2D eigenvalue weighted by atomic mass is 16.1. The Bertz CT molecular complexity index is 569. The maximum atomic E-state index is 11.9. The number of amides is 1. The van der Waals surface area contributed by atoms with Crippen LogP contribution in [-0.2, 0) is 0 Å². The molecule has 2 atom stereocenters. The lowest BCUT2D eigenvalue weighted by Gasteiger charge is -2.37. The van der Waals surface area contributed by atoms with Gasteiger partial charge in [-0.3, -0.25) is 9.59 Å². The van der Waals surface area contributed by atoms with Gasteiger partial charge in [0.1, 0.15) is 0 Å². The zero-order valence-electron chi connectivity index (χ0n) is 11.6. The molecule has 1 saturated carbocycles. The van der Waals surface area contributed by atoms with Crippen LogP contribution in [0, 0.1) is 11.8 Å². The molecule has 1 aliphatic heterocycles. The molecule has 1 aromatic rings. The average Bonchev–Trinajstić information content (AvgIpc) is 2.64. The summed E-state index contributed by atoms with van der Waals surface area (Å²) in [5.74, 6) is 0.595. The molecule has 2 unspecified atom stereocenters. The smallest absolute Gasteiger partial charge is 0.268 e. The lowest BCUT2D eigenvalue weighted by molar-refractivity contribution is 0.0999. The number of hydrogen-bond acceptors (Lipinski definition) is 4.